The van der Waals surface area contributed by atoms with E-state index in [1.165, 1.54) is 18.2 Å². The summed E-state index contributed by atoms with van der Waals surface area (Å²) in [7, 11) is 0. The van der Waals surface area contributed by atoms with Crippen LogP contribution in [0.4, 0.5) is 14.5 Å². The Labute approximate surface area is 111 Å². The summed E-state index contributed by atoms with van der Waals surface area (Å²) in [5.74, 6) is 0.0258. The third-order valence-electron chi connectivity index (χ3n) is 3.67. The number of rotatable bonds is 3. The average Bonchev–Trinajstić information content (AvgIpc) is 2.35. The lowest BCUT2D eigenvalue weighted by Gasteiger charge is -2.37. The molecule has 1 saturated carbocycles. The van der Waals surface area contributed by atoms with E-state index in [-0.39, 0.29) is 11.6 Å². The van der Waals surface area contributed by atoms with Crippen molar-refractivity contribution in [2.75, 3.05) is 5.32 Å². The van der Waals surface area contributed by atoms with Crippen LogP contribution >= 0.6 is 0 Å². The molecule has 1 nitrogen and oxygen atoms in total. The Morgan fingerprint density at radius 2 is 1.63 bits per heavy atom. The van der Waals surface area contributed by atoms with Crippen LogP contribution < -0.4 is 5.32 Å². The number of benzene rings is 2. The molecule has 98 valence electrons. The highest BCUT2D eigenvalue weighted by Crippen LogP contribution is 2.38. The van der Waals surface area contributed by atoms with Crippen LogP contribution in [0.2, 0.25) is 0 Å². The molecule has 0 aromatic heterocycles. The monoisotopic (exact) mass is 259 g/mol. The van der Waals surface area contributed by atoms with Gasteiger partial charge in [0.25, 0.3) is 0 Å². The lowest BCUT2D eigenvalue weighted by Crippen LogP contribution is -2.34. The van der Waals surface area contributed by atoms with Gasteiger partial charge < -0.3 is 5.32 Å². The first-order valence-corrected chi connectivity index (χ1v) is 6.48. The second-order valence-electron chi connectivity index (χ2n) is 5.07. The molecule has 2 aromatic carbocycles. The fraction of sp³-hybridized carbons (Fsp3) is 0.250. The van der Waals surface area contributed by atoms with Crippen molar-refractivity contribution in [2.24, 2.45) is 0 Å². The molecule has 1 aliphatic rings. The summed E-state index contributed by atoms with van der Waals surface area (Å²) in [5.41, 5.74) is 2.00. The first-order chi connectivity index (χ1) is 9.20. The SMILES string of the molecule is Fc1ccc(NC2CC(c3cccc(F)c3)C2)cc1. The van der Waals surface area contributed by atoms with Gasteiger partial charge in [-0.05, 0) is 60.7 Å². The maximum absolute atomic E-state index is 13.1. The zero-order chi connectivity index (χ0) is 13.2. The van der Waals surface area contributed by atoms with Gasteiger partial charge in [0.2, 0.25) is 0 Å². The lowest BCUT2D eigenvalue weighted by atomic mass is 9.76. The van der Waals surface area contributed by atoms with Gasteiger partial charge in [0.05, 0.1) is 0 Å². The van der Waals surface area contributed by atoms with Crippen LogP contribution in [0, 0.1) is 11.6 Å². The van der Waals surface area contributed by atoms with Crippen LogP contribution in [0.5, 0.6) is 0 Å². The van der Waals surface area contributed by atoms with Gasteiger partial charge in [-0.1, -0.05) is 12.1 Å². The van der Waals surface area contributed by atoms with Crippen LogP contribution in [-0.2, 0) is 0 Å². The van der Waals surface area contributed by atoms with Gasteiger partial charge in [-0.3, -0.25) is 0 Å². The van der Waals surface area contributed by atoms with E-state index in [1.807, 2.05) is 6.07 Å². The number of anilines is 1. The van der Waals surface area contributed by atoms with E-state index in [0.717, 1.165) is 24.1 Å². The van der Waals surface area contributed by atoms with Gasteiger partial charge >= 0.3 is 0 Å². The van der Waals surface area contributed by atoms with Gasteiger partial charge in [0.15, 0.2) is 0 Å². The standard InChI is InChI=1S/C16H15F2N/c17-13-4-6-15(7-5-13)19-16-9-12(10-16)11-2-1-3-14(18)8-11/h1-8,12,16,19H,9-10H2. The van der Waals surface area contributed by atoms with E-state index >= 15 is 0 Å². The number of hydrogen-bond donors (Lipinski definition) is 1. The van der Waals surface area contributed by atoms with E-state index < -0.39 is 0 Å². The molecule has 0 spiro atoms. The van der Waals surface area contributed by atoms with E-state index in [2.05, 4.69) is 5.32 Å². The van der Waals surface area contributed by atoms with E-state index in [4.69, 9.17) is 0 Å². The van der Waals surface area contributed by atoms with Crippen LogP contribution in [-0.4, -0.2) is 6.04 Å². The number of nitrogens with one attached hydrogen (secondary N) is 1. The molecule has 0 bridgehead atoms. The summed E-state index contributed by atoms with van der Waals surface area (Å²) in [4.78, 5) is 0. The van der Waals surface area contributed by atoms with Crippen LogP contribution in [0.25, 0.3) is 0 Å². The summed E-state index contributed by atoms with van der Waals surface area (Å²) in [6.07, 6.45) is 1.97. The van der Waals surface area contributed by atoms with Crippen molar-refractivity contribution in [2.45, 2.75) is 24.8 Å². The minimum Gasteiger partial charge on any atom is -0.382 e. The van der Waals surface area contributed by atoms with Crippen molar-refractivity contribution in [3.05, 3.63) is 65.7 Å². The molecular formula is C16H15F2N. The molecule has 0 radical (unpaired) electrons. The average molecular weight is 259 g/mol. The molecule has 0 aliphatic heterocycles. The first-order valence-electron chi connectivity index (χ1n) is 6.48. The molecule has 0 heterocycles. The highest BCUT2D eigenvalue weighted by molar-refractivity contribution is 5.45. The maximum Gasteiger partial charge on any atom is 0.123 e. The Bertz CT molecular complexity index is 559. The van der Waals surface area contributed by atoms with Crippen molar-refractivity contribution >= 4 is 5.69 Å². The largest absolute Gasteiger partial charge is 0.382 e. The van der Waals surface area contributed by atoms with Crippen LogP contribution in [0.3, 0.4) is 0 Å². The lowest BCUT2D eigenvalue weighted by molar-refractivity contribution is 0.373. The van der Waals surface area contributed by atoms with Gasteiger partial charge in [0.1, 0.15) is 11.6 Å². The second-order valence-corrected chi connectivity index (χ2v) is 5.07. The molecule has 1 N–H and O–H groups in total. The summed E-state index contributed by atoms with van der Waals surface area (Å²) >= 11 is 0. The van der Waals surface area contributed by atoms with Crippen molar-refractivity contribution in [1.82, 2.24) is 0 Å². The van der Waals surface area contributed by atoms with Crippen LogP contribution in [0.15, 0.2) is 48.5 Å². The predicted molar refractivity (Wildman–Crippen MR) is 72.2 cm³/mol. The molecule has 0 amide bonds. The van der Waals surface area contributed by atoms with Gasteiger partial charge in [-0.25, -0.2) is 8.78 Å². The predicted octanol–water partition coefficient (Wildman–Crippen LogP) is 4.32. The fourth-order valence-corrected chi connectivity index (χ4v) is 2.55. The van der Waals surface area contributed by atoms with Crippen molar-refractivity contribution in [1.29, 1.82) is 0 Å². The molecule has 3 heteroatoms. The molecule has 0 saturated heterocycles. The molecule has 19 heavy (non-hydrogen) atoms. The topological polar surface area (TPSA) is 12.0 Å². The molecule has 0 atom stereocenters. The molecular weight excluding hydrogens is 244 g/mol. The Balaban J connectivity index is 1.57. The first kappa shape index (κ1) is 12.2. The maximum atomic E-state index is 13.1. The quantitative estimate of drug-likeness (QED) is 0.865. The summed E-state index contributed by atoms with van der Waals surface area (Å²) in [5, 5.41) is 3.36. The second kappa shape index (κ2) is 5.00. The molecule has 1 aliphatic carbocycles. The van der Waals surface area contributed by atoms with E-state index in [1.54, 1.807) is 24.3 Å². The number of hydrogen-bond acceptors (Lipinski definition) is 1. The van der Waals surface area contributed by atoms with Gasteiger partial charge in [-0.2, -0.15) is 0 Å². The summed E-state index contributed by atoms with van der Waals surface area (Å²) < 4.78 is 25.9. The summed E-state index contributed by atoms with van der Waals surface area (Å²) in [6.45, 7) is 0. The number of halogens is 2. The third-order valence-corrected chi connectivity index (χ3v) is 3.67. The van der Waals surface area contributed by atoms with Crippen molar-refractivity contribution in [3.8, 4) is 0 Å². The van der Waals surface area contributed by atoms with Gasteiger partial charge in [-0.15, -0.1) is 0 Å². The van der Waals surface area contributed by atoms with Crippen molar-refractivity contribution < 1.29 is 8.78 Å². The van der Waals surface area contributed by atoms with E-state index in [9.17, 15) is 8.78 Å². The fourth-order valence-electron chi connectivity index (χ4n) is 2.55. The normalized spacial score (nSPS) is 21.8. The Morgan fingerprint density at radius 1 is 0.895 bits per heavy atom. The highest BCUT2D eigenvalue weighted by atomic mass is 19.1. The summed E-state index contributed by atoms with van der Waals surface area (Å²) in [6, 6.07) is 13.6. The minimum atomic E-state index is -0.225. The Morgan fingerprint density at radius 3 is 2.32 bits per heavy atom. The highest BCUT2D eigenvalue weighted by Gasteiger charge is 2.30. The van der Waals surface area contributed by atoms with Crippen LogP contribution in [0.1, 0.15) is 24.3 Å². The third kappa shape index (κ3) is 2.75. The van der Waals surface area contributed by atoms with Crippen molar-refractivity contribution in [3.63, 3.8) is 0 Å². The van der Waals surface area contributed by atoms with E-state index in [0.29, 0.717) is 12.0 Å². The smallest absolute Gasteiger partial charge is 0.123 e. The molecule has 0 unspecified atom stereocenters. The minimum absolute atomic E-state index is 0.174. The van der Waals surface area contributed by atoms with Gasteiger partial charge in [0, 0.05) is 11.7 Å². The molecule has 2 aromatic rings. The Kier molecular flexibility index (Phi) is 3.20. The Hall–Kier alpha value is -1.90. The molecule has 1 fully saturated rings. The zero-order valence-electron chi connectivity index (χ0n) is 10.4. The molecule has 3 rings (SSSR count). The zero-order valence-corrected chi connectivity index (χ0v) is 10.4.